The summed E-state index contributed by atoms with van der Waals surface area (Å²) in [5.74, 6) is 0. The summed E-state index contributed by atoms with van der Waals surface area (Å²) >= 11 is 0. The minimum atomic E-state index is -4.38. The van der Waals surface area contributed by atoms with Gasteiger partial charge in [-0.2, -0.15) is 13.2 Å². The van der Waals surface area contributed by atoms with Gasteiger partial charge < -0.3 is 0 Å². The van der Waals surface area contributed by atoms with Crippen LogP contribution in [0.5, 0.6) is 0 Å². The molecular weight excluding hydrogens is 227 g/mol. The highest BCUT2D eigenvalue weighted by Crippen LogP contribution is 2.35. The van der Waals surface area contributed by atoms with Crippen molar-refractivity contribution in [3.8, 4) is 11.3 Å². The number of rotatable bonds is 1. The summed E-state index contributed by atoms with van der Waals surface area (Å²) in [7, 11) is 0. The third kappa shape index (κ3) is 2.46. The molecule has 0 bridgehead atoms. The van der Waals surface area contributed by atoms with Crippen molar-refractivity contribution in [3.63, 3.8) is 0 Å². The Morgan fingerprint density at radius 2 is 1.82 bits per heavy atom. The molecule has 0 saturated carbocycles. The lowest BCUT2D eigenvalue weighted by atomic mass is 10.0. The van der Waals surface area contributed by atoms with E-state index in [1.165, 1.54) is 12.3 Å². The first kappa shape index (κ1) is 11.6. The van der Waals surface area contributed by atoms with E-state index in [-0.39, 0.29) is 5.69 Å². The number of hydrogen-bond donors (Lipinski definition) is 0. The van der Waals surface area contributed by atoms with Gasteiger partial charge in [-0.05, 0) is 25.1 Å². The van der Waals surface area contributed by atoms with Crippen LogP contribution in [0.2, 0.25) is 0 Å². The zero-order chi connectivity index (χ0) is 12.5. The maximum Gasteiger partial charge on any atom is 0.418 e. The van der Waals surface area contributed by atoms with Crippen LogP contribution < -0.4 is 0 Å². The van der Waals surface area contributed by atoms with E-state index in [2.05, 4.69) is 4.98 Å². The third-order valence-corrected chi connectivity index (χ3v) is 2.40. The molecule has 88 valence electrons. The van der Waals surface area contributed by atoms with Crippen molar-refractivity contribution in [2.75, 3.05) is 0 Å². The van der Waals surface area contributed by atoms with Gasteiger partial charge in [0.1, 0.15) is 0 Å². The van der Waals surface area contributed by atoms with Crippen LogP contribution in [-0.2, 0) is 6.18 Å². The molecule has 0 aliphatic rings. The molecule has 2 rings (SSSR count). The second kappa shape index (κ2) is 4.20. The Morgan fingerprint density at radius 3 is 2.47 bits per heavy atom. The minimum absolute atomic E-state index is 0.0244. The first-order valence-electron chi connectivity index (χ1n) is 5.08. The summed E-state index contributed by atoms with van der Waals surface area (Å²) in [6, 6.07) is 9.22. The van der Waals surface area contributed by atoms with E-state index in [0.717, 1.165) is 11.6 Å². The molecule has 0 atom stereocenters. The first-order chi connectivity index (χ1) is 7.98. The lowest BCUT2D eigenvalue weighted by Gasteiger charge is -2.11. The Balaban J connectivity index is 2.60. The van der Waals surface area contributed by atoms with Gasteiger partial charge in [-0.1, -0.05) is 23.8 Å². The van der Waals surface area contributed by atoms with Crippen molar-refractivity contribution in [1.29, 1.82) is 0 Å². The predicted molar refractivity (Wildman–Crippen MR) is 59.4 cm³/mol. The normalized spacial score (nSPS) is 11.5. The molecule has 17 heavy (non-hydrogen) atoms. The summed E-state index contributed by atoms with van der Waals surface area (Å²) in [5, 5.41) is 0. The molecule has 0 amide bonds. The highest BCUT2D eigenvalue weighted by molar-refractivity contribution is 5.64. The van der Waals surface area contributed by atoms with E-state index in [1.807, 2.05) is 13.0 Å². The van der Waals surface area contributed by atoms with Gasteiger partial charge in [-0.25, -0.2) is 0 Å². The van der Waals surface area contributed by atoms with E-state index in [1.54, 1.807) is 18.2 Å². The topological polar surface area (TPSA) is 12.9 Å². The first-order valence-corrected chi connectivity index (χ1v) is 5.08. The molecule has 1 aromatic heterocycles. The molecule has 0 radical (unpaired) electrons. The Morgan fingerprint density at radius 1 is 1.06 bits per heavy atom. The van der Waals surface area contributed by atoms with Crippen molar-refractivity contribution in [3.05, 3.63) is 53.7 Å². The van der Waals surface area contributed by atoms with Crippen molar-refractivity contribution in [2.45, 2.75) is 13.1 Å². The number of pyridine rings is 1. The maximum atomic E-state index is 12.8. The zero-order valence-corrected chi connectivity index (χ0v) is 9.12. The van der Waals surface area contributed by atoms with E-state index < -0.39 is 11.7 Å². The van der Waals surface area contributed by atoms with Crippen LogP contribution in [0.4, 0.5) is 13.2 Å². The smallest absolute Gasteiger partial charge is 0.256 e. The van der Waals surface area contributed by atoms with Gasteiger partial charge in [0, 0.05) is 11.8 Å². The predicted octanol–water partition coefficient (Wildman–Crippen LogP) is 4.08. The Hall–Kier alpha value is -1.84. The zero-order valence-electron chi connectivity index (χ0n) is 9.12. The summed E-state index contributed by atoms with van der Waals surface area (Å²) in [4.78, 5) is 3.84. The lowest BCUT2D eigenvalue weighted by molar-refractivity contribution is -0.137. The molecular formula is C13H10F3N. The second-order valence-electron chi connectivity index (χ2n) is 3.77. The summed E-state index contributed by atoms with van der Waals surface area (Å²) in [5.41, 5.74) is 0.661. The average molecular weight is 237 g/mol. The lowest BCUT2D eigenvalue weighted by Crippen LogP contribution is -2.08. The Kier molecular flexibility index (Phi) is 2.88. The van der Waals surface area contributed by atoms with E-state index in [0.29, 0.717) is 5.56 Å². The van der Waals surface area contributed by atoms with Crippen LogP contribution >= 0.6 is 0 Å². The van der Waals surface area contributed by atoms with Gasteiger partial charge in [-0.3, -0.25) is 4.98 Å². The van der Waals surface area contributed by atoms with Gasteiger partial charge in [-0.15, -0.1) is 0 Å². The Labute approximate surface area is 96.9 Å². The molecule has 0 aliphatic heterocycles. The van der Waals surface area contributed by atoms with Crippen LogP contribution in [0.15, 0.2) is 42.6 Å². The average Bonchev–Trinajstić information content (AvgIpc) is 2.28. The maximum absolute atomic E-state index is 12.8. The molecule has 1 heterocycles. The quantitative estimate of drug-likeness (QED) is 0.728. The van der Waals surface area contributed by atoms with Crippen molar-refractivity contribution >= 4 is 0 Å². The van der Waals surface area contributed by atoms with Crippen molar-refractivity contribution < 1.29 is 13.2 Å². The molecule has 4 heteroatoms. The number of hydrogen-bond acceptors (Lipinski definition) is 1. The molecule has 1 nitrogen and oxygen atoms in total. The van der Waals surface area contributed by atoms with Gasteiger partial charge >= 0.3 is 6.18 Å². The number of alkyl halides is 3. The van der Waals surface area contributed by atoms with Crippen molar-refractivity contribution in [2.24, 2.45) is 0 Å². The number of aromatic nitrogens is 1. The molecule has 0 N–H and O–H groups in total. The number of halogens is 3. The minimum Gasteiger partial charge on any atom is -0.256 e. The van der Waals surface area contributed by atoms with Gasteiger partial charge in [0.25, 0.3) is 0 Å². The van der Waals surface area contributed by atoms with Gasteiger partial charge in [0.05, 0.1) is 11.3 Å². The van der Waals surface area contributed by atoms with Crippen LogP contribution in [0, 0.1) is 6.92 Å². The summed E-state index contributed by atoms with van der Waals surface area (Å²) in [6.07, 6.45) is -3.01. The van der Waals surface area contributed by atoms with E-state index in [4.69, 9.17) is 0 Å². The largest absolute Gasteiger partial charge is 0.418 e. The van der Waals surface area contributed by atoms with E-state index in [9.17, 15) is 13.2 Å². The number of aryl methyl sites for hydroxylation is 1. The number of benzene rings is 1. The molecule has 0 spiro atoms. The summed E-state index contributed by atoms with van der Waals surface area (Å²) in [6.45, 7) is 1.83. The molecule has 0 aliphatic carbocycles. The molecule has 0 saturated heterocycles. The summed E-state index contributed by atoms with van der Waals surface area (Å²) < 4.78 is 38.4. The van der Waals surface area contributed by atoms with Crippen molar-refractivity contribution in [1.82, 2.24) is 4.98 Å². The fraction of sp³-hybridized carbons (Fsp3) is 0.154. The fourth-order valence-corrected chi connectivity index (χ4v) is 1.66. The number of nitrogens with zero attached hydrogens (tertiary/aromatic N) is 1. The SMILES string of the molecule is Cc1cccc(-c2ncccc2C(F)(F)F)c1. The van der Waals surface area contributed by atoms with Crippen LogP contribution in [-0.4, -0.2) is 4.98 Å². The van der Waals surface area contributed by atoms with E-state index >= 15 is 0 Å². The Bertz CT molecular complexity index is 532. The van der Waals surface area contributed by atoms with Crippen LogP contribution in [0.3, 0.4) is 0 Å². The molecule has 1 aromatic carbocycles. The monoisotopic (exact) mass is 237 g/mol. The fourth-order valence-electron chi connectivity index (χ4n) is 1.66. The van der Waals surface area contributed by atoms with Gasteiger partial charge in [0.2, 0.25) is 0 Å². The highest BCUT2D eigenvalue weighted by Gasteiger charge is 2.34. The standard InChI is InChI=1S/C13H10F3N/c1-9-4-2-5-10(8-9)12-11(13(14,15)16)6-3-7-17-12/h2-8H,1H3. The second-order valence-corrected chi connectivity index (χ2v) is 3.77. The molecule has 0 unspecified atom stereocenters. The molecule has 2 aromatic rings. The highest BCUT2D eigenvalue weighted by atomic mass is 19.4. The van der Waals surface area contributed by atoms with Gasteiger partial charge in [0.15, 0.2) is 0 Å². The molecule has 0 fully saturated rings. The van der Waals surface area contributed by atoms with Crippen LogP contribution in [0.25, 0.3) is 11.3 Å². The van der Waals surface area contributed by atoms with Crippen LogP contribution in [0.1, 0.15) is 11.1 Å². The third-order valence-electron chi connectivity index (χ3n) is 2.40.